The first-order chi connectivity index (χ1) is 25.7. The van der Waals surface area contributed by atoms with Gasteiger partial charge < -0.3 is 4.57 Å². The molecule has 246 valence electrons. The Morgan fingerprint density at radius 1 is 0.462 bits per heavy atom. The van der Waals surface area contributed by atoms with Crippen molar-refractivity contribution in [2.75, 3.05) is 6.54 Å². The van der Waals surface area contributed by atoms with Gasteiger partial charge in [-0.1, -0.05) is 91.0 Å². The minimum absolute atomic E-state index is 0.726. The van der Waals surface area contributed by atoms with E-state index in [1.54, 1.807) is 0 Å². The molecule has 0 unspecified atom stereocenters. The molecular weight excluding hydrogens is 637 g/mol. The topological polar surface area (TPSA) is 52.9 Å². The van der Waals surface area contributed by atoms with Crippen LogP contribution in [0, 0.1) is 6.92 Å². The highest BCUT2D eigenvalue weighted by Gasteiger charge is 2.22. The van der Waals surface area contributed by atoms with E-state index in [1.807, 2.05) is 6.21 Å². The second-order valence-corrected chi connectivity index (χ2v) is 13.7. The Hall–Kier alpha value is -6.79. The molecule has 0 amide bonds. The summed E-state index contributed by atoms with van der Waals surface area (Å²) in [4.78, 5) is 15.1. The third-order valence-electron chi connectivity index (χ3n) is 10.7. The lowest BCUT2D eigenvalue weighted by Gasteiger charge is -2.16. The van der Waals surface area contributed by atoms with Crippen LogP contribution in [0.3, 0.4) is 0 Å². The van der Waals surface area contributed by atoms with Crippen LogP contribution in [0.25, 0.3) is 88.3 Å². The first-order valence-corrected chi connectivity index (χ1v) is 17.8. The van der Waals surface area contributed by atoms with Gasteiger partial charge in [-0.25, -0.2) is 9.97 Å². The summed E-state index contributed by atoms with van der Waals surface area (Å²) in [5, 5.41) is 7.28. The molecule has 0 bridgehead atoms. The maximum Gasteiger partial charge on any atom is 0.160 e. The van der Waals surface area contributed by atoms with Gasteiger partial charge in [0.2, 0.25) is 0 Å². The summed E-state index contributed by atoms with van der Waals surface area (Å²) < 4.78 is 7.04. The first kappa shape index (κ1) is 29.0. The number of fused-ring (bicyclic) bond motifs is 9. The maximum atomic E-state index is 5.36. The Kier molecular flexibility index (Phi) is 6.19. The highest BCUT2D eigenvalue weighted by molar-refractivity contribution is 6.13. The van der Waals surface area contributed by atoms with E-state index in [0.717, 1.165) is 58.1 Å². The summed E-state index contributed by atoms with van der Waals surface area (Å²) in [5.41, 5.74) is 10.3. The van der Waals surface area contributed by atoms with E-state index in [4.69, 9.17) is 9.97 Å². The second-order valence-electron chi connectivity index (χ2n) is 13.7. The average Bonchev–Trinajstić information content (AvgIpc) is 3.83. The lowest BCUT2D eigenvalue weighted by atomic mass is 10.1. The number of aromatic nitrogens is 5. The van der Waals surface area contributed by atoms with Crippen molar-refractivity contribution in [3.63, 3.8) is 0 Å². The summed E-state index contributed by atoms with van der Waals surface area (Å²) in [6.45, 7) is 2.95. The number of aryl methyl sites for hydroxylation is 1. The maximum absolute atomic E-state index is 5.36. The number of hydrogen-bond donors (Lipinski definition) is 0. The van der Waals surface area contributed by atoms with Crippen molar-refractivity contribution in [3.05, 3.63) is 157 Å². The van der Waals surface area contributed by atoms with E-state index in [0.29, 0.717) is 0 Å². The van der Waals surface area contributed by atoms with Gasteiger partial charge in [0.1, 0.15) is 11.6 Å². The van der Waals surface area contributed by atoms with Gasteiger partial charge in [-0.2, -0.15) is 0 Å². The number of benzene rings is 6. The van der Waals surface area contributed by atoms with Gasteiger partial charge in [0, 0.05) is 62.4 Å². The van der Waals surface area contributed by atoms with Crippen LogP contribution in [0.5, 0.6) is 0 Å². The van der Waals surface area contributed by atoms with Gasteiger partial charge in [-0.15, -0.1) is 0 Å². The quantitative estimate of drug-likeness (QED) is 0.187. The van der Waals surface area contributed by atoms with Gasteiger partial charge >= 0.3 is 0 Å². The number of hydrogen-bond acceptors (Lipinski definition) is 3. The Morgan fingerprint density at radius 2 is 0.904 bits per heavy atom. The first-order valence-electron chi connectivity index (χ1n) is 17.8. The lowest BCUT2D eigenvalue weighted by molar-refractivity contribution is 0.936. The molecule has 11 rings (SSSR count). The zero-order chi connectivity index (χ0) is 34.3. The Balaban J connectivity index is 1.22. The van der Waals surface area contributed by atoms with Crippen LogP contribution in [-0.4, -0.2) is 36.4 Å². The largest absolute Gasteiger partial charge is 0.309 e. The van der Waals surface area contributed by atoms with Crippen molar-refractivity contribution in [1.82, 2.24) is 23.7 Å². The molecule has 0 radical (unpaired) electrons. The van der Waals surface area contributed by atoms with Crippen LogP contribution in [0.1, 0.15) is 17.8 Å². The number of dihydropyridines is 1. The van der Waals surface area contributed by atoms with E-state index in [1.165, 1.54) is 54.6 Å². The molecule has 1 aliphatic rings. The molecule has 10 aromatic rings. The summed E-state index contributed by atoms with van der Waals surface area (Å²) in [5.74, 6) is 2.40. The minimum Gasteiger partial charge on any atom is -0.309 e. The van der Waals surface area contributed by atoms with Gasteiger partial charge in [0.25, 0.3) is 0 Å². The van der Waals surface area contributed by atoms with Gasteiger partial charge in [0.05, 0.1) is 33.1 Å². The van der Waals surface area contributed by atoms with Crippen LogP contribution >= 0.6 is 0 Å². The van der Waals surface area contributed by atoms with Crippen LogP contribution in [0.2, 0.25) is 0 Å². The minimum atomic E-state index is 0.726. The SMILES string of the molecule is Cc1cc2c(cc1-n1c3ccccc3c3ccccc31)c1ccccc1n2-c1cc(-n2c3ccccc3c3ccccc32)nc(C2=CC=NCC2)n1. The van der Waals surface area contributed by atoms with E-state index in [-0.39, 0.29) is 0 Å². The molecule has 0 aliphatic carbocycles. The number of allylic oxidation sites excluding steroid dienone is 1. The lowest BCUT2D eigenvalue weighted by Crippen LogP contribution is -2.09. The predicted molar refractivity (Wildman–Crippen MR) is 216 cm³/mol. The van der Waals surface area contributed by atoms with Crippen molar-refractivity contribution in [1.29, 1.82) is 0 Å². The van der Waals surface area contributed by atoms with Gasteiger partial charge in [-0.3, -0.25) is 14.1 Å². The molecule has 6 aromatic carbocycles. The van der Waals surface area contributed by atoms with E-state index in [2.05, 4.69) is 171 Å². The summed E-state index contributed by atoms with van der Waals surface area (Å²) in [6, 6.07) is 50.2. The molecule has 6 nitrogen and oxygen atoms in total. The Morgan fingerprint density at radius 3 is 1.38 bits per heavy atom. The molecule has 6 heteroatoms. The van der Waals surface area contributed by atoms with Crippen molar-refractivity contribution >= 4 is 77.2 Å². The third kappa shape index (κ3) is 4.15. The van der Waals surface area contributed by atoms with E-state index < -0.39 is 0 Å². The average molecular weight is 669 g/mol. The fourth-order valence-electron chi connectivity index (χ4n) is 8.41. The van der Waals surface area contributed by atoms with Crippen molar-refractivity contribution < 1.29 is 0 Å². The number of aliphatic imine (C=N–C) groups is 1. The molecule has 1 aliphatic heterocycles. The Bertz CT molecular complexity index is 3040. The van der Waals surface area contributed by atoms with Gasteiger partial charge in [0.15, 0.2) is 5.82 Å². The molecule has 4 aromatic heterocycles. The number of rotatable bonds is 4. The molecule has 0 atom stereocenters. The highest BCUT2D eigenvalue weighted by Crippen LogP contribution is 2.39. The molecule has 0 saturated heterocycles. The van der Waals surface area contributed by atoms with Crippen LogP contribution in [-0.2, 0) is 0 Å². The summed E-state index contributed by atoms with van der Waals surface area (Å²) >= 11 is 0. The fraction of sp³-hybridized carbons (Fsp3) is 0.0652. The zero-order valence-corrected chi connectivity index (χ0v) is 28.5. The van der Waals surface area contributed by atoms with Crippen molar-refractivity contribution in [2.24, 2.45) is 4.99 Å². The normalized spacial score (nSPS) is 13.4. The Labute approximate surface area is 299 Å². The molecule has 0 saturated carbocycles. The molecule has 5 heterocycles. The summed E-state index contributed by atoms with van der Waals surface area (Å²) in [7, 11) is 0. The van der Waals surface area contributed by atoms with E-state index >= 15 is 0 Å². The molecule has 52 heavy (non-hydrogen) atoms. The fourth-order valence-corrected chi connectivity index (χ4v) is 8.41. The summed E-state index contributed by atoms with van der Waals surface area (Å²) in [6.07, 6.45) is 4.74. The number of para-hydroxylation sites is 5. The van der Waals surface area contributed by atoms with E-state index in [9.17, 15) is 0 Å². The van der Waals surface area contributed by atoms with Crippen LogP contribution in [0.15, 0.2) is 151 Å². The highest BCUT2D eigenvalue weighted by atomic mass is 15.1. The van der Waals surface area contributed by atoms with Crippen LogP contribution in [0.4, 0.5) is 0 Å². The molecule has 0 fully saturated rings. The zero-order valence-electron chi connectivity index (χ0n) is 28.5. The van der Waals surface area contributed by atoms with Crippen molar-refractivity contribution in [3.8, 4) is 17.3 Å². The molecule has 0 N–H and O–H groups in total. The predicted octanol–water partition coefficient (Wildman–Crippen LogP) is 10.9. The smallest absolute Gasteiger partial charge is 0.160 e. The molecular formula is C46H32N6. The standard InChI is InChI=1S/C46H32N6/c1-29-26-43-36(27-42(29)50-37-17-7-2-12-31(37)32-13-3-8-18-38(32)50)35-16-6-11-21-41(35)52(43)45-28-44(48-46(49-45)30-22-24-47-25-23-30)51-39-19-9-4-14-33(39)34-15-5-10-20-40(34)51/h2-22,24,26-28H,23,25H2,1H3. The van der Waals surface area contributed by atoms with Gasteiger partial charge in [-0.05, 0) is 67.4 Å². The third-order valence-corrected chi connectivity index (χ3v) is 10.7. The molecule has 0 spiro atoms. The monoisotopic (exact) mass is 668 g/mol. The second kappa shape index (κ2) is 11.1. The van der Waals surface area contributed by atoms with Crippen molar-refractivity contribution in [2.45, 2.75) is 13.3 Å². The van der Waals surface area contributed by atoms with Crippen LogP contribution < -0.4 is 0 Å². The number of nitrogens with zero attached hydrogens (tertiary/aromatic N) is 6.